The van der Waals surface area contributed by atoms with Gasteiger partial charge in [0, 0.05) is 29.8 Å². The van der Waals surface area contributed by atoms with Gasteiger partial charge in [-0.05, 0) is 49.4 Å². The van der Waals surface area contributed by atoms with Gasteiger partial charge >= 0.3 is 0 Å². The number of phenolic OH excluding ortho intramolecular Hbond substituents is 1. The fourth-order valence-electron chi connectivity index (χ4n) is 3.31. The molecule has 1 aliphatic rings. The third-order valence-corrected chi connectivity index (χ3v) is 5.57. The van der Waals surface area contributed by atoms with Crippen LogP contribution in [-0.2, 0) is 4.79 Å². The molecule has 1 aromatic carbocycles. The van der Waals surface area contributed by atoms with Gasteiger partial charge in [-0.15, -0.1) is 11.3 Å². The van der Waals surface area contributed by atoms with Crippen molar-refractivity contribution in [2.75, 3.05) is 13.2 Å². The molecule has 1 aliphatic heterocycles. The van der Waals surface area contributed by atoms with Crippen LogP contribution in [0.4, 0.5) is 0 Å². The number of ketones is 1. The van der Waals surface area contributed by atoms with Crippen molar-refractivity contribution in [1.82, 2.24) is 4.90 Å². The number of nitrogens with zero attached hydrogens (tertiary/aromatic N) is 1. The van der Waals surface area contributed by atoms with Gasteiger partial charge < -0.3 is 14.7 Å². The van der Waals surface area contributed by atoms with Gasteiger partial charge in [0.25, 0.3) is 0 Å². The Hall–Kier alpha value is -2.34. The molecule has 0 bridgehead atoms. The van der Waals surface area contributed by atoms with Crippen LogP contribution in [0.1, 0.15) is 53.9 Å². The zero-order valence-electron chi connectivity index (χ0n) is 14.8. The van der Waals surface area contributed by atoms with Crippen LogP contribution in [0.2, 0.25) is 0 Å². The summed E-state index contributed by atoms with van der Waals surface area (Å²) in [5.74, 6) is 0.210. The van der Waals surface area contributed by atoms with E-state index in [9.17, 15) is 14.7 Å². The maximum atomic E-state index is 12.6. The summed E-state index contributed by atoms with van der Waals surface area (Å²) in [6.45, 7) is 2.97. The average Bonchev–Trinajstić information content (AvgIpc) is 3.32. The number of hydrogen-bond donors (Lipinski definition) is 1. The van der Waals surface area contributed by atoms with Crippen LogP contribution in [-0.4, -0.2) is 34.8 Å². The van der Waals surface area contributed by atoms with Crippen LogP contribution in [0.25, 0.3) is 0 Å². The lowest BCUT2D eigenvalue weighted by molar-refractivity contribution is -0.132. The molecule has 1 amide bonds. The molecule has 1 atom stereocenters. The van der Waals surface area contributed by atoms with Crippen molar-refractivity contribution in [3.05, 3.63) is 46.2 Å². The number of benzene rings is 1. The number of carbonyl (C=O) groups is 2. The summed E-state index contributed by atoms with van der Waals surface area (Å²) in [5, 5.41) is 11.8. The molecule has 138 valence electrons. The molecule has 1 unspecified atom stereocenters. The molecule has 3 rings (SSSR count). The van der Waals surface area contributed by atoms with Crippen LogP contribution < -0.4 is 4.74 Å². The fourth-order valence-corrected chi connectivity index (χ4v) is 4.18. The molecular weight excluding hydrogens is 350 g/mol. The van der Waals surface area contributed by atoms with Crippen molar-refractivity contribution in [1.29, 1.82) is 0 Å². The van der Waals surface area contributed by atoms with Gasteiger partial charge in [-0.3, -0.25) is 9.59 Å². The van der Waals surface area contributed by atoms with Crippen LogP contribution in [0.5, 0.6) is 11.5 Å². The van der Waals surface area contributed by atoms with Crippen LogP contribution >= 0.6 is 11.3 Å². The van der Waals surface area contributed by atoms with E-state index in [1.807, 2.05) is 23.3 Å². The number of likely N-dealkylation sites (tertiary alicyclic amines) is 1. The van der Waals surface area contributed by atoms with E-state index in [4.69, 9.17) is 4.74 Å². The molecule has 1 fully saturated rings. The van der Waals surface area contributed by atoms with Gasteiger partial charge in [0.2, 0.25) is 5.91 Å². The van der Waals surface area contributed by atoms with E-state index in [1.165, 1.54) is 17.0 Å². The molecule has 6 heteroatoms. The van der Waals surface area contributed by atoms with E-state index in [-0.39, 0.29) is 36.3 Å². The number of rotatable bonds is 7. The monoisotopic (exact) mass is 373 g/mol. The number of thiophene rings is 1. The van der Waals surface area contributed by atoms with E-state index in [0.717, 1.165) is 19.4 Å². The highest BCUT2D eigenvalue weighted by Gasteiger charge is 2.30. The van der Waals surface area contributed by atoms with Crippen LogP contribution in [0, 0.1) is 0 Å². The van der Waals surface area contributed by atoms with Crippen molar-refractivity contribution >= 4 is 23.0 Å². The minimum Gasteiger partial charge on any atom is -0.504 e. The Morgan fingerprint density at radius 2 is 2.15 bits per heavy atom. The molecule has 2 aromatic rings. The second-order valence-corrected chi connectivity index (χ2v) is 7.28. The van der Waals surface area contributed by atoms with E-state index < -0.39 is 0 Å². The van der Waals surface area contributed by atoms with E-state index in [0.29, 0.717) is 17.9 Å². The van der Waals surface area contributed by atoms with Gasteiger partial charge in [0.15, 0.2) is 17.3 Å². The SMILES string of the molecule is CCOc1cc(C(=O)CCC(=O)N2CCCC2c2cccs2)ccc1O. The number of amides is 1. The Bertz CT molecular complexity index is 772. The molecule has 1 aromatic heterocycles. The van der Waals surface area contributed by atoms with E-state index in [2.05, 4.69) is 6.07 Å². The Labute approximate surface area is 157 Å². The summed E-state index contributed by atoms with van der Waals surface area (Å²) < 4.78 is 5.31. The number of Topliss-reactive ketones (excluding diaryl/α,β-unsaturated/α-hetero) is 1. The van der Waals surface area contributed by atoms with Gasteiger partial charge in [0.1, 0.15) is 0 Å². The van der Waals surface area contributed by atoms with Crippen molar-refractivity contribution in [3.8, 4) is 11.5 Å². The highest BCUT2D eigenvalue weighted by Crippen LogP contribution is 2.35. The fraction of sp³-hybridized carbons (Fsp3) is 0.400. The molecule has 5 nitrogen and oxygen atoms in total. The highest BCUT2D eigenvalue weighted by molar-refractivity contribution is 7.10. The number of ether oxygens (including phenoxy) is 1. The zero-order chi connectivity index (χ0) is 18.5. The van der Waals surface area contributed by atoms with E-state index >= 15 is 0 Å². The van der Waals surface area contributed by atoms with Crippen molar-refractivity contribution in [2.24, 2.45) is 0 Å². The second-order valence-electron chi connectivity index (χ2n) is 6.30. The molecule has 0 spiro atoms. The maximum Gasteiger partial charge on any atom is 0.223 e. The summed E-state index contributed by atoms with van der Waals surface area (Å²) in [6, 6.07) is 8.78. The Kier molecular flexibility index (Phi) is 5.93. The third-order valence-electron chi connectivity index (χ3n) is 4.59. The van der Waals surface area contributed by atoms with Gasteiger partial charge in [-0.25, -0.2) is 0 Å². The van der Waals surface area contributed by atoms with E-state index in [1.54, 1.807) is 17.4 Å². The lowest BCUT2D eigenvalue weighted by Gasteiger charge is -2.23. The lowest BCUT2D eigenvalue weighted by atomic mass is 10.1. The summed E-state index contributed by atoms with van der Waals surface area (Å²) >= 11 is 1.67. The van der Waals surface area contributed by atoms with Crippen molar-refractivity contribution in [3.63, 3.8) is 0 Å². The molecule has 2 heterocycles. The first-order chi connectivity index (χ1) is 12.6. The van der Waals surface area contributed by atoms with Crippen molar-refractivity contribution in [2.45, 2.75) is 38.6 Å². The summed E-state index contributed by atoms with van der Waals surface area (Å²) in [4.78, 5) is 28.2. The van der Waals surface area contributed by atoms with Crippen molar-refractivity contribution < 1.29 is 19.4 Å². The summed E-state index contributed by atoms with van der Waals surface area (Å²) in [6.07, 6.45) is 2.34. The number of carbonyl (C=O) groups excluding carboxylic acids is 2. The number of aromatic hydroxyl groups is 1. The Morgan fingerprint density at radius 3 is 2.88 bits per heavy atom. The predicted molar refractivity (Wildman–Crippen MR) is 101 cm³/mol. The first kappa shape index (κ1) is 18.5. The van der Waals surface area contributed by atoms with Gasteiger partial charge in [-0.2, -0.15) is 0 Å². The first-order valence-electron chi connectivity index (χ1n) is 8.92. The largest absolute Gasteiger partial charge is 0.504 e. The zero-order valence-corrected chi connectivity index (χ0v) is 15.6. The molecule has 0 aliphatic carbocycles. The lowest BCUT2D eigenvalue weighted by Crippen LogP contribution is -2.30. The van der Waals surface area contributed by atoms with Gasteiger partial charge in [0.05, 0.1) is 12.6 Å². The minimum atomic E-state index is -0.119. The standard InChI is InChI=1S/C20H23NO4S/c1-2-25-18-13-14(7-8-17(18)23)16(22)9-10-20(24)21-11-3-5-15(21)19-6-4-12-26-19/h4,6-8,12-13,15,23H,2-3,5,9-11H2,1H3. The number of phenols is 1. The molecule has 0 radical (unpaired) electrons. The molecule has 1 N–H and O–H groups in total. The van der Waals surface area contributed by atoms with Gasteiger partial charge in [-0.1, -0.05) is 6.07 Å². The molecule has 26 heavy (non-hydrogen) atoms. The van der Waals surface area contributed by atoms with Crippen LogP contribution in [0.15, 0.2) is 35.7 Å². The quantitative estimate of drug-likeness (QED) is 0.740. The topological polar surface area (TPSA) is 66.8 Å². The molecule has 1 saturated heterocycles. The predicted octanol–water partition coefficient (Wildman–Crippen LogP) is 4.18. The third kappa shape index (κ3) is 4.07. The normalized spacial score (nSPS) is 16.7. The number of hydrogen-bond acceptors (Lipinski definition) is 5. The Balaban J connectivity index is 1.60. The second kappa shape index (κ2) is 8.36. The molecular formula is C20H23NO4S. The summed E-state index contributed by atoms with van der Waals surface area (Å²) in [7, 11) is 0. The maximum absolute atomic E-state index is 12.6. The average molecular weight is 373 g/mol. The molecule has 0 saturated carbocycles. The highest BCUT2D eigenvalue weighted by atomic mass is 32.1. The minimum absolute atomic E-state index is 0.00957. The van der Waals surface area contributed by atoms with Crippen LogP contribution in [0.3, 0.4) is 0 Å². The first-order valence-corrected chi connectivity index (χ1v) is 9.80. The smallest absolute Gasteiger partial charge is 0.223 e. The summed E-state index contributed by atoms with van der Waals surface area (Å²) in [5.41, 5.74) is 0.454. The Morgan fingerprint density at radius 1 is 1.31 bits per heavy atom.